The first-order valence-corrected chi connectivity index (χ1v) is 7.82. The van der Waals surface area contributed by atoms with Crippen LogP contribution in [0.2, 0.25) is 0 Å². The van der Waals surface area contributed by atoms with Crippen LogP contribution in [0.4, 0.5) is 0 Å². The summed E-state index contributed by atoms with van der Waals surface area (Å²) in [6.45, 7) is 1.28. The summed E-state index contributed by atoms with van der Waals surface area (Å²) in [5.74, 6) is -0.0950. The van der Waals surface area contributed by atoms with Gasteiger partial charge >= 0.3 is 0 Å². The summed E-state index contributed by atoms with van der Waals surface area (Å²) in [4.78, 5) is 20.9. The Kier molecular flexibility index (Phi) is 3.69. The van der Waals surface area contributed by atoms with Crippen LogP contribution in [-0.2, 0) is 4.84 Å². The van der Waals surface area contributed by atoms with Gasteiger partial charge in [0.25, 0.3) is 5.91 Å². The zero-order valence-electron chi connectivity index (χ0n) is 12.7. The van der Waals surface area contributed by atoms with Gasteiger partial charge in [-0.3, -0.25) is 14.5 Å². The normalized spacial score (nSPS) is 26.1. The largest absolute Gasteiger partial charge is 0.278 e. The van der Waals surface area contributed by atoms with Gasteiger partial charge in [-0.1, -0.05) is 60.7 Å². The average Bonchev–Trinajstić information content (AvgIpc) is 2.61. The Morgan fingerprint density at radius 3 is 2.39 bits per heavy atom. The van der Waals surface area contributed by atoms with Crippen molar-refractivity contribution in [1.29, 1.82) is 0 Å². The number of hydrogen-bond donors (Lipinski definition) is 0. The molecule has 2 heterocycles. The van der Waals surface area contributed by atoms with Gasteiger partial charge in [-0.15, -0.1) is 0 Å². The summed E-state index contributed by atoms with van der Waals surface area (Å²) in [6.07, 6.45) is 4.01. The maximum atomic E-state index is 12.6. The highest BCUT2D eigenvalue weighted by molar-refractivity contribution is 5.93. The average molecular weight is 306 g/mol. The SMILES string of the molecule is O=C(c1ccccc1)N1CN2CC=CC(O1)C2c1ccccc1. The first-order chi connectivity index (χ1) is 11.3. The van der Waals surface area contributed by atoms with E-state index < -0.39 is 0 Å². The van der Waals surface area contributed by atoms with Crippen molar-refractivity contribution in [3.05, 3.63) is 83.9 Å². The Morgan fingerprint density at radius 1 is 1.00 bits per heavy atom. The number of benzene rings is 2. The van der Waals surface area contributed by atoms with Crippen LogP contribution < -0.4 is 0 Å². The van der Waals surface area contributed by atoms with Crippen molar-refractivity contribution < 1.29 is 9.63 Å². The minimum Gasteiger partial charge on any atom is -0.270 e. The lowest BCUT2D eigenvalue weighted by Crippen LogP contribution is -2.55. The molecule has 3 atom stereocenters. The lowest BCUT2D eigenvalue weighted by atomic mass is 9.96. The third-order valence-corrected chi connectivity index (χ3v) is 4.32. The molecule has 0 aromatic heterocycles. The van der Waals surface area contributed by atoms with Gasteiger partial charge in [-0.25, -0.2) is 5.06 Å². The van der Waals surface area contributed by atoms with Crippen LogP contribution in [0.1, 0.15) is 22.0 Å². The second-order valence-electron chi connectivity index (χ2n) is 5.82. The summed E-state index contributed by atoms with van der Waals surface area (Å²) in [6, 6.07) is 19.7. The van der Waals surface area contributed by atoms with Crippen LogP contribution in [0.5, 0.6) is 0 Å². The molecular formula is C19H18N2O2. The van der Waals surface area contributed by atoms with Crippen molar-refractivity contribution in [2.75, 3.05) is 13.2 Å². The molecule has 2 aliphatic heterocycles. The number of amides is 1. The van der Waals surface area contributed by atoms with E-state index in [0.29, 0.717) is 12.2 Å². The molecule has 0 spiro atoms. The molecule has 0 aliphatic carbocycles. The number of hydrogen-bond acceptors (Lipinski definition) is 3. The van der Waals surface area contributed by atoms with E-state index in [0.717, 1.165) is 6.54 Å². The number of carbonyl (C=O) groups excluding carboxylic acids is 1. The number of hydroxylamine groups is 2. The van der Waals surface area contributed by atoms with Crippen molar-refractivity contribution in [2.45, 2.75) is 12.1 Å². The van der Waals surface area contributed by atoms with E-state index >= 15 is 0 Å². The second kappa shape index (κ2) is 5.99. The summed E-state index contributed by atoms with van der Waals surface area (Å²) >= 11 is 0. The standard InChI is InChI=1S/C19H18N2O2/c22-19(16-10-5-2-6-11-16)21-14-20-13-7-12-17(23-21)18(20)15-8-3-1-4-9-15/h1-12,17-18H,13-14H2. The van der Waals surface area contributed by atoms with Gasteiger partial charge in [0.1, 0.15) is 12.8 Å². The summed E-state index contributed by atoms with van der Waals surface area (Å²) in [5.41, 5.74) is 1.86. The second-order valence-corrected chi connectivity index (χ2v) is 5.82. The van der Waals surface area contributed by atoms with E-state index in [1.54, 1.807) is 0 Å². The molecule has 3 unspecified atom stereocenters. The monoisotopic (exact) mass is 306 g/mol. The Labute approximate surface area is 135 Å². The summed E-state index contributed by atoms with van der Waals surface area (Å²) in [5, 5.41) is 1.48. The van der Waals surface area contributed by atoms with Crippen molar-refractivity contribution in [3.63, 3.8) is 0 Å². The van der Waals surface area contributed by atoms with Crippen LogP contribution in [0, 0.1) is 0 Å². The molecule has 1 saturated heterocycles. The van der Waals surface area contributed by atoms with E-state index in [1.165, 1.54) is 10.6 Å². The summed E-state index contributed by atoms with van der Waals surface area (Å²) < 4.78 is 0. The lowest BCUT2D eigenvalue weighted by Gasteiger charge is -2.46. The van der Waals surface area contributed by atoms with E-state index in [1.807, 2.05) is 48.5 Å². The van der Waals surface area contributed by atoms with Crippen LogP contribution in [0.3, 0.4) is 0 Å². The van der Waals surface area contributed by atoms with E-state index in [4.69, 9.17) is 4.84 Å². The molecule has 4 nitrogen and oxygen atoms in total. The molecule has 4 heteroatoms. The van der Waals surface area contributed by atoms with Gasteiger partial charge < -0.3 is 0 Å². The zero-order valence-corrected chi connectivity index (χ0v) is 12.7. The van der Waals surface area contributed by atoms with Gasteiger partial charge in [0, 0.05) is 12.1 Å². The highest BCUT2D eigenvalue weighted by atomic mass is 16.7. The molecule has 1 amide bonds. The Hall–Kier alpha value is -2.43. The third-order valence-electron chi connectivity index (χ3n) is 4.32. The summed E-state index contributed by atoms with van der Waals surface area (Å²) in [7, 11) is 0. The predicted octanol–water partition coefficient (Wildman–Crippen LogP) is 3.01. The van der Waals surface area contributed by atoms with Crippen LogP contribution >= 0.6 is 0 Å². The number of nitrogens with zero attached hydrogens (tertiary/aromatic N) is 2. The zero-order chi connectivity index (χ0) is 15.6. The Bertz CT molecular complexity index is 715. The van der Waals surface area contributed by atoms with Crippen molar-refractivity contribution in [2.24, 2.45) is 0 Å². The fraction of sp³-hybridized carbons (Fsp3) is 0.211. The first kappa shape index (κ1) is 14.2. The third kappa shape index (κ3) is 2.67. The molecule has 2 aromatic carbocycles. The lowest BCUT2D eigenvalue weighted by molar-refractivity contribution is -0.232. The number of fused-ring (bicyclic) bond motifs is 2. The molecule has 2 aliphatic rings. The molecule has 0 N–H and O–H groups in total. The van der Waals surface area contributed by atoms with Crippen molar-refractivity contribution in [1.82, 2.24) is 9.96 Å². The molecule has 116 valence electrons. The van der Waals surface area contributed by atoms with Gasteiger partial charge in [0.15, 0.2) is 0 Å². The van der Waals surface area contributed by atoms with Crippen molar-refractivity contribution in [3.8, 4) is 0 Å². The highest BCUT2D eigenvalue weighted by Crippen LogP contribution is 2.34. The van der Waals surface area contributed by atoms with Gasteiger partial charge in [-0.2, -0.15) is 0 Å². The van der Waals surface area contributed by atoms with Crippen LogP contribution in [0.25, 0.3) is 0 Å². The minimum absolute atomic E-state index is 0.0950. The quantitative estimate of drug-likeness (QED) is 0.800. The smallest absolute Gasteiger partial charge is 0.270 e. The van der Waals surface area contributed by atoms with Gasteiger partial charge in [-0.05, 0) is 17.7 Å². The maximum Gasteiger partial charge on any atom is 0.278 e. The van der Waals surface area contributed by atoms with E-state index in [2.05, 4.69) is 29.2 Å². The molecule has 0 saturated carbocycles. The Balaban J connectivity index is 1.59. The number of rotatable bonds is 2. The minimum atomic E-state index is -0.146. The molecular weight excluding hydrogens is 288 g/mol. The molecule has 23 heavy (non-hydrogen) atoms. The van der Waals surface area contributed by atoms with Crippen LogP contribution in [-0.4, -0.2) is 35.2 Å². The maximum absolute atomic E-state index is 12.6. The molecule has 1 fully saturated rings. The molecule has 2 bridgehead atoms. The van der Waals surface area contributed by atoms with Gasteiger partial charge in [0.2, 0.25) is 0 Å². The van der Waals surface area contributed by atoms with E-state index in [-0.39, 0.29) is 18.1 Å². The first-order valence-electron chi connectivity index (χ1n) is 7.82. The van der Waals surface area contributed by atoms with Crippen molar-refractivity contribution >= 4 is 5.91 Å². The highest BCUT2D eigenvalue weighted by Gasteiger charge is 2.39. The van der Waals surface area contributed by atoms with Gasteiger partial charge in [0.05, 0.1) is 6.04 Å². The molecule has 4 rings (SSSR count). The van der Waals surface area contributed by atoms with E-state index in [9.17, 15) is 4.79 Å². The predicted molar refractivity (Wildman–Crippen MR) is 87.4 cm³/mol. The topological polar surface area (TPSA) is 32.8 Å². The van der Waals surface area contributed by atoms with Crippen LogP contribution in [0.15, 0.2) is 72.8 Å². The fourth-order valence-corrected chi connectivity index (χ4v) is 3.23. The molecule has 2 aromatic rings. The fourth-order valence-electron chi connectivity index (χ4n) is 3.23. The Morgan fingerprint density at radius 2 is 1.70 bits per heavy atom. The molecule has 0 radical (unpaired) electrons. The number of carbonyl (C=O) groups is 1.